The van der Waals surface area contributed by atoms with E-state index in [1.54, 1.807) is 0 Å². The van der Waals surface area contributed by atoms with Gasteiger partial charge in [-0.1, -0.05) is 57.9 Å². The number of hydrogen-bond donors (Lipinski definition) is 1. The van der Waals surface area contributed by atoms with Gasteiger partial charge in [0.25, 0.3) is 0 Å². The third-order valence-electron chi connectivity index (χ3n) is 3.46. The van der Waals surface area contributed by atoms with Crippen LogP contribution in [0.5, 0.6) is 0 Å². The first kappa shape index (κ1) is 17.2. The van der Waals surface area contributed by atoms with E-state index >= 15 is 0 Å². The first-order valence-electron chi connectivity index (χ1n) is 7.55. The molecule has 0 heterocycles. The number of aliphatic carboxylic acids is 1. The van der Waals surface area contributed by atoms with Gasteiger partial charge < -0.3 is 5.11 Å². The van der Waals surface area contributed by atoms with E-state index in [1.807, 2.05) is 6.92 Å². The monoisotopic (exact) mass is 254 g/mol. The predicted molar refractivity (Wildman–Crippen MR) is 77.9 cm³/mol. The maximum Gasteiger partial charge on any atom is 0.331 e. The first-order chi connectivity index (χ1) is 8.63. The van der Waals surface area contributed by atoms with E-state index in [2.05, 4.69) is 13.8 Å². The number of hydrogen-bond acceptors (Lipinski definition) is 1. The maximum atomic E-state index is 11.2. The fourth-order valence-electron chi connectivity index (χ4n) is 2.20. The Balaban J connectivity index is 4.13. The molecule has 1 N–H and O–H groups in total. The van der Waals surface area contributed by atoms with Crippen molar-refractivity contribution in [3.05, 3.63) is 11.1 Å². The normalized spacial score (nSPS) is 12.4. The average molecular weight is 254 g/mol. The Morgan fingerprint density at radius 2 is 1.33 bits per heavy atom. The highest BCUT2D eigenvalue weighted by atomic mass is 16.4. The van der Waals surface area contributed by atoms with Gasteiger partial charge >= 0.3 is 5.97 Å². The molecule has 0 aliphatic carbocycles. The first-order valence-corrected chi connectivity index (χ1v) is 7.55. The van der Waals surface area contributed by atoms with Crippen molar-refractivity contribution in [3.8, 4) is 0 Å². The minimum absolute atomic E-state index is 0.669. The largest absolute Gasteiger partial charge is 0.478 e. The molecule has 0 aromatic heterocycles. The molecule has 106 valence electrons. The van der Waals surface area contributed by atoms with Crippen molar-refractivity contribution in [2.24, 2.45) is 0 Å². The molecule has 0 unspecified atom stereocenters. The summed E-state index contributed by atoms with van der Waals surface area (Å²) < 4.78 is 0. The molecule has 0 aliphatic rings. The number of rotatable bonds is 11. The van der Waals surface area contributed by atoms with Crippen molar-refractivity contribution in [1.29, 1.82) is 0 Å². The predicted octanol–water partition coefficient (Wildman–Crippen LogP) is 5.33. The van der Waals surface area contributed by atoms with Crippen LogP contribution in [0.2, 0.25) is 0 Å². The van der Waals surface area contributed by atoms with Gasteiger partial charge in [0, 0.05) is 5.57 Å². The summed E-state index contributed by atoms with van der Waals surface area (Å²) in [4.78, 5) is 11.2. The molecule has 0 rings (SSSR count). The second-order valence-corrected chi connectivity index (χ2v) is 5.19. The SMILES string of the molecule is CCCCCCC(C)=C(CCCCCC)C(=O)O. The molecular weight excluding hydrogens is 224 g/mol. The molecule has 0 saturated carbocycles. The Kier molecular flexibility index (Phi) is 10.8. The van der Waals surface area contributed by atoms with Gasteiger partial charge in [0.1, 0.15) is 0 Å². The molecule has 2 nitrogen and oxygen atoms in total. The molecule has 0 radical (unpaired) electrons. The lowest BCUT2D eigenvalue weighted by atomic mass is 9.98. The summed E-state index contributed by atoms with van der Waals surface area (Å²) in [7, 11) is 0. The summed E-state index contributed by atoms with van der Waals surface area (Å²) in [5.41, 5.74) is 1.76. The van der Waals surface area contributed by atoms with Gasteiger partial charge in [-0.25, -0.2) is 4.79 Å². The Morgan fingerprint density at radius 1 is 0.833 bits per heavy atom. The van der Waals surface area contributed by atoms with Crippen LogP contribution in [-0.4, -0.2) is 11.1 Å². The van der Waals surface area contributed by atoms with E-state index < -0.39 is 5.97 Å². The Bertz CT molecular complexity index is 254. The summed E-state index contributed by atoms with van der Waals surface area (Å²) in [5.74, 6) is -0.709. The summed E-state index contributed by atoms with van der Waals surface area (Å²) in [5, 5.41) is 9.25. The lowest BCUT2D eigenvalue weighted by molar-refractivity contribution is -0.132. The van der Waals surface area contributed by atoms with Crippen LogP contribution in [0.25, 0.3) is 0 Å². The molecule has 0 amide bonds. The Hall–Kier alpha value is -0.790. The van der Waals surface area contributed by atoms with Crippen molar-refractivity contribution in [2.75, 3.05) is 0 Å². The summed E-state index contributed by atoms with van der Waals surface area (Å²) in [6, 6.07) is 0. The van der Waals surface area contributed by atoms with Crippen LogP contribution in [0.1, 0.15) is 85.0 Å². The molecule has 0 saturated heterocycles. The minimum atomic E-state index is -0.709. The molecule has 18 heavy (non-hydrogen) atoms. The molecule has 0 bridgehead atoms. The van der Waals surface area contributed by atoms with E-state index in [0.29, 0.717) is 5.57 Å². The topological polar surface area (TPSA) is 37.3 Å². The average Bonchev–Trinajstić information content (AvgIpc) is 2.34. The van der Waals surface area contributed by atoms with E-state index in [0.717, 1.165) is 37.7 Å². The number of unbranched alkanes of at least 4 members (excludes halogenated alkanes) is 6. The molecule has 0 fully saturated rings. The zero-order valence-corrected chi connectivity index (χ0v) is 12.4. The van der Waals surface area contributed by atoms with Crippen molar-refractivity contribution >= 4 is 5.97 Å². The second kappa shape index (κ2) is 11.3. The van der Waals surface area contributed by atoms with Gasteiger partial charge in [-0.05, 0) is 32.6 Å². The van der Waals surface area contributed by atoms with Gasteiger partial charge in [0.15, 0.2) is 0 Å². The Morgan fingerprint density at radius 3 is 1.78 bits per heavy atom. The molecule has 0 atom stereocenters. The van der Waals surface area contributed by atoms with Crippen LogP contribution < -0.4 is 0 Å². The van der Waals surface area contributed by atoms with Gasteiger partial charge in [-0.15, -0.1) is 0 Å². The lowest BCUT2D eigenvalue weighted by Crippen LogP contribution is -2.04. The van der Waals surface area contributed by atoms with E-state index in [-0.39, 0.29) is 0 Å². The van der Waals surface area contributed by atoms with Crippen LogP contribution in [-0.2, 0) is 4.79 Å². The van der Waals surface area contributed by atoms with Crippen LogP contribution >= 0.6 is 0 Å². The highest BCUT2D eigenvalue weighted by Crippen LogP contribution is 2.19. The molecule has 0 aliphatic heterocycles. The maximum absolute atomic E-state index is 11.2. The Labute approximate surface area is 112 Å². The lowest BCUT2D eigenvalue weighted by Gasteiger charge is -2.08. The summed E-state index contributed by atoms with van der Waals surface area (Å²) >= 11 is 0. The fourth-order valence-corrected chi connectivity index (χ4v) is 2.20. The van der Waals surface area contributed by atoms with Gasteiger partial charge in [0.2, 0.25) is 0 Å². The van der Waals surface area contributed by atoms with Crippen LogP contribution in [0.4, 0.5) is 0 Å². The summed E-state index contributed by atoms with van der Waals surface area (Å²) in [6.07, 6.45) is 11.1. The van der Waals surface area contributed by atoms with E-state index in [4.69, 9.17) is 0 Å². The quantitative estimate of drug-likeness (QED) is 0.400. The van der Waals surface area contributed by atoms with E-state index in [1.165, 1.54) is 32.1 Å². The zero-order valence-electron chi connectivity index (χ0n) is 12.4. The highest BCUT2D eigenvalue weighted by Gasteiger charge is 2.10. The van der Waals surface area contributed by atoms with Crippen molar-refractivity contribution < 1.29 is 9.90 Å². The molecule has 0 aromatic carbocycles. The summed E-state index contributed by atoms with van der Waals surface area (Å²) in [6.45, 7) is 6.36. The van der Waals surface area contributed by atoms with Crippen LogP contribution in [0, 0.1) is 0 Å². The fraction of sp³-hybridized carbons (Fsp3) is 0.812. The third kappa shape index (κ3) is 8.32. The van der Waals surface area contributed by atoms with Gasteiger partial charge in [-0.3, -0.25) is 0 Å². The second-order valence-electron chi connectivity index (χ2n) is 5.19. The van der Waals surface area contributed by atoms with Crippen LogP contribution in [0.3, 0.4) is 0 Å². The highest BCUT2D eigenvalue weighted by molar-refractivity contribution is 5.87. The third-order valence-corrected chi connectivity index (χ3v) is 3.46. The van der Waals surface area contributed by atoms with Crippen molar-refractivity contribution in [1.82, 2.24) is 0 Å². The van der Waals surface area contributed by atoms with Crippen molar-refractivity contribution in [2.45, 2.75) is 85.0 Å². The smallest absolute Gasteiger partial charge is 0.331 e. The van der Waals surface area contributed by atoms with E-state index in [9.17, 15) is 9.90 Å². The van der Waals surface area contributed by atoms with Gasteiger partial charge in [-0.2, -0.15) is 0 Å². The molecular formula is C16H30O2. The number of carbonyl (C=O) groups is 1. The van der Waals surface area contributed by atoms with Crippen molar-refractivity contribution in [3.63, 3.8) is 0 Å². The number of carboxylic acid groups (broad SMARTS) is 1. The molecule has 0 spiro atoms. The number of allylic oxidation sites excluding steroid dienone is 1. The zero-order chi connectivity index (χ0) is 13.8. The number of carboxylic acids is 1. The van der Waals surface area contributed by atoms with Crippen LogP contribution in [0.15, 0.2) is 11.1 Å². The minimum Gasteiger partial charge on any atom is -0.478 e. The molecule has 0 aromatic rings. The van der Waals surface area contributed by atoms with Gasteiger partial charge in [0.05, 0.1) is 0 Å². The standard InChI is InChI=1S/C16H30O2/c1-4-6-8-10-12-14(3)15(16(17)18)13-11-9-7-5-2/h4-13H2,1-3H3,(H,17,18). The molecule has 2 heteroatoms.